The highest BCUT2D eigenvalue weighted by molar-refractivity contribution is 5.56. The van der Waals surface area contributed by atoms with E-state index in [0.717, 1.165) is 11.3 Å². The van der Waals surface area contributed by atoms with Gasteiger partial charge in [0.1, 0.15) is 0 Å². The highest BCUT2D eigenvalue weighted by Gasteiger charge is 2.02. The molecule has 0 saturated carbocycles. The summed E-state index contributed by atoms with van der Waals surface area (Å²) in [6.45, 7) is 0.656. The summed E-state index contributed by atoms with van der Waals surface area (Å²) in [5.74, 6) is 1.00. The standard InChI is InChI=1S/C17H14N6/c18-10-14-7-4-8-15(9-14)21-17-22-16(12-20-23-17)19-11-13-5-2-1-3-6-13/h1-9,12H,11H2,(H2,19,21,22,23). The molecule has 0 amide bonds. The molecule has 112 valence electrons. The van der Waals surface area contributed by atoms with E-state index >= 15 is 0 Å². The van der Waals surface area contributed by atoms with Crippen LogP contribution in [0.15, 0.2) is 60.8 Å². The Labute approximate surface area is 133 Å². The van der Waals surface area contributed by atoms with Gasteiger partial charge in [-0.1, -0.05) is 36.4 Å². The van der Waals surface area contributed by atoms with Crippen molar-refractivity contribution in [3.63, 3.8) is 0 Å². The highest BCUT2D eigenvalue weighted by atomic mass is 15.3. The number of hydrogen-bond donors (Lipinski definition) is 2. The van der Waals surface area contributed by atoms with Gasteiger partial charge in [0.05, 0.1) is 17.8 Å². The van der Waals surface area contributed by atoms with Gasteiger partial charge in [0.2, 0.25) is 5.95 Å². The molecule has 6 nitrogen and oxygen atoms in total. The molecule has 1 aromatic heterocycles. The Balaban J connectivity index is 1.68. The number of nitriles is 1. The van der Waals surface area contributed by atoms with Crippen molar-refractivity contribution in [2.75, 3.05) is 10.6 Å². The van der Waals surface area contributed by atoms with E-state index in [1.165, 1.54) is 0 Å². The van der Waals surface area contributed by atoms with E-state index in [1.54, 1.807) is 24.4 Å². The Kier molecular flexibility index (Phi) is 4.41. The molecule has 0 saturated heterocycles. The largest absolute Gasteiger partial charge is 0.365 e. The molecule has 3 aromatic rings. The first-order valence-electron chi connectivity index (χ1n) is 7.08. The molecule has 6 heteroatoms. The molecule has 3 rings (SSSR count). The molecule has 0 aliphatic carbocycles. The van der Waals surface area contributed by atoms with Crippen molar-refractivity contribution in [2.45, 2.75) is 6.54 Å². The Morgan fingerprint density at radius 2 is 1.91 bits per heavy atom. The van der Waals surface area contributed by atoms with Crippen LogP contribution in [0.4, 0.5) is 17.5 Å². The van der Waals surface area contributed by atoms with Gasteiger partial charge in [-0.3, -0.25) is 0 Å². The predicted octanol–water partition coefficient (Wildman–Crippen LogP) is 3.10. The quantitative estimate of drug-likeness (QED) is 0.753. The predicted molar refractivity (Wildman–Crippen MR) is 88.0 cm³/mol. The number of nitrogens with zero attached hydrogens (tertiary/aromatic N) is 4. The lowest BCUT2D eigenvalue weighted by molar-refractivity contribution is 0.966. The molecule has 23 heavy (non-hydrogen) atoms. The second-order valence-electron chi connectivity index (χ2n) is 4.82. The second-order valence-corrected chi connectivity index (χ2v) is 4.82. The molecule has 0 bridgehead atoms. The van der Waals surface area contributed by atoms with Gasteiger partial charge in [0.15, 0.2) is 5.82 Å². The number of benzene rings is 2. The van der Waals surface area contributed by atoms with Crippen LogP contribution in [0.5, 0.6) is 0 Å². The highest BCUT2D eigenvalue weighted by Crippen LogP contribution is 2.15. The summed E-state index contributed by atoms with van der Waals surface area (Å²) in [6, 6.07) is 19.2. The fourth-order valence-electron chi connectivity index (χ4n) is 2.03. The van der Waals surface area contributed by atoms with Crippen molar-refractivity contribution in [3.8, 4) is 6.07 Å². The lowest BCUT2D eigenvalue weighted by Gasteiger charge is -2.08. The third kappa shape index (κ3) is 4.02. The molecule has 1 heterocycles. The average Bonchev–Trinajstić information content (AvgIpc) is 2.61. The van der Waals surface area contributed by atoms with Gasteiger partial charge in [-0.25, -0.2) is 0 Å². The smallest absolute Gasteiger partial charge is 0.249 e. The van der Waals surface area contributed by atoms with Crippen LogP contribution in [0.2, 0.25) is 0 Å². The molecule has 0 fully saturated rings. The summed E-state index contributed by atoms with van der Waals surface area (Å²) in [5, 5.41) is 23.0. The first kappa shape index (κ1) is 14.5. The number of nitrogens with one attached hydrogen (secondary N) is 2. The number of rotatable bonds is 5. The molecule has 0 spiro atoms. The molecule has 2 aromatic carbocycles. The molecule has 2 N–H and O–H groups in total. The monoisotopic (exact) mass is 302 g/mol. The molecule has 0 radical (unpaired) electrons. The Morgan fingerprint density at radius 3 is 2.74 bits per heavy atom. The van der Waals surface area contributed by atoms with Crippen LogP contribution >= 0.6 is 0 Å². The minimum absolute atomic E-state index is 0.373. The van der Waals surface area contributed by atoms with Gasteiger partial charge >= 0.3 is 0 Å². The zero-order chi connectivity index (χ0) is 15.9. The summed E-state index contributed by atoms with van der Waals surface area (Å²) in [4.78, 5) is 4.36. The molecule has 0 unspecified atom stereocenters. The van der Waals surface area contributed by atoms with E-state index in [2.05, 4.69) is 31.9 Å². The van der Waals surface area contributed by atoms with E-state index in [4.69, 9.17) is 5.26 Å². The van der Waals surface area contributed by atoms with Crippen molar-refractivity contribution in [3.05, 3.63) is 71.9 Å². The molecule has 0 atom stereocenters. The summed E-state index contributed by atoms with van der Waals surface area (Å²) in [6.07, 6.45) is 1.57. The number of anilines is 3. The average molecular weight is 302 g/mol. The van der Waals surface area contributed by atoms with Gasteiger partial charge in [0.25, 0.3) is 0 Å². The Morgan fingerprint density at radius 1 is 1.04 bits per heavy atom. The molecule has 0 aliphatic rings. The van der Waals surface area contributed by atoms with Crippen molar-refractivity contribution >= 4 is 17.5 Å². The maximum atomic E-state index is 8.92. The minimum atomic E-state index is 0.373. The Bertz CT molecular complexity index is 826. The summed E-state index contributed by atoms with van der Waals surface area (Å²) >= 11 is 0. The van der Waals surface area contributed by atoms with E-state index < -0.39 is 0 Å². The third-order valence-electron chi connectivity index (χ3n) is 3.12. The van der Waals surface area contributed by atoms with Crippen molar-refractivity contribution in [2.24, 2.45) is 0 Å². The van der Waals surface area contributed by atoms with E-state index in [0.29, 0.717) is 23.9 Å². The van der Waals surface area contributed by atoms with Crippen molar-refractivity contribution < 1.29 is 0 Å². The Hall–Kier alpha value is -3.46. The fraction of sp³-hybridized carbons (Fsp3) is 0.0588. The molecule has 0 aliphatic heterocycles. The van der Waals surface area contributed by atoms with Gasteiger partial charge in [-0.15, -0.1) is 5.10 Å². The zero-order valence-corrected chi connectivity index (χ0v) is 12.3. The first-order chi connectivity index (χ1) is 11.3. The number of hydrogen-bond acceptors (Lipinski definition) is 6. The van der Waals surface area contributed by atoms with Crippen LogP contribution in [0.3, 0.4) is 0 Å². The van der Waals surface area contributed by atoms with Crippen LogP contribution in [0.1, 0.15) is 11.1 Å². The minimum Gasteiger partial charge on any atom is -0.365 e. The lowest BCUT2D eigenvalue weighted by atomic mass is 10.2. The first-order valence-corrected chi connectivity index (χ1v) is 7.08. The van der Waals surface area contributed by atoms with E-state index in [9.17, 15) is 0 Å². The van der Waals surface area contributed by atoms with Gasteiger partial charge in [0, 0.05) is 12.2 Å². The van der Waals surface area contributed by atoms with Crippen molar-refractivity contribution in [1.82, 2.24) is 15.2 Å². The third-order valence-corrected chi connectivity index (χ3v) is 3.12. The number of aromatic nitrogens is 3. The van der Waals surface area contributed by atoms with Crippen LogP contribution in [0, 0.1) is 11.3 Å². The maximum Gasteiger partial charge on any atom is 0.249 e. The van der Waals surface area contributed by atoms with Crippen molar-refractivity contribution in [1.29, 1.82) is 5.26 Å². The summed E-state index contributed by atoms with van der Waals surface area (Å²) < 4.78 is 0. The lowest BCUT2D eigenvalue weighted by Crippen LogP contribution is -2.05. The van der Waals surface area contributed by atoms with Gasteiger partial charge < -0.3 is 10.6 Å². The van der Waals surface area contributed by atoms with E-state index in [1.807, 2.05) is 36.4 Å². The topological polar surface area (TPSA) is 86.5 Å². The summed E-state index contributed by atoms with van der Waals surface area (Å²) in [5.41, 5.74) is 2.47. The molecular weight excluding hydrogens is 288 g/mol. The zero-order valence-electron chi connectivity index (χ0n) is 12.3. The van der Waals surface area contributed by atoms with E-state index in [-0.39, 0.29) is 0 Å². The maximum absolute atomic E-state index is 8.92. The van der Waals surface area contributed by atoms with Gasteiger partial charge in [-0.05, 0) is 23.8 Å². The van der Waals surface area contributed by atoms with Crippen LogP contribution < -0.4 is 10.6 Å². The van der Waals surface area contributed by atoms with Crippen LogP contribution in [-0.2, 0) is 6.54 Å². The normalized spacial score (nSPS) is 9.87. The SMILES string of the molecule is N#Cc1cccc(Nc2nncc(NCc3ccccc3)n2)c1. The van der Waals surface area contributed by atoms with Gasteiger partial charge in [-0.2, -0.15) is 15.3 Å². The fourth-order valence-corrected chi connectivity index (χ4v) is 2.03. The van der Waals surface area contributed by atoms with Crippen LogP contribution in [0.25, 0.3) is 0 Å². The second kappa shape index (κ2) is 7.00. The molecular formula is C17H14N6. The van der Waals surface area contributed by atoms with Crippen LogP contribution in [-0.4, -0.2) is 15.2 Å². The summed E-state index contributed by atoms with van der Waals surface area (Å²) in [7, 11) is 0.